The van der Waals surface area contributed by atoms with Gasteiger partial charge < -0.3 is 14.8 Å². The number of fused-ring (bicyclic) bond motifs is 2. The van der Waals surface area contributed by atoms with Crippen molar-refractivity contribution in [2.75, 3.05) is 13.8 Å². The van der Waals surface area contributed by atoms with E-state index in [4.69, 9.17) is 9.47 Å². The Labute approximate surface area is 164 Å². The molecular weight excluding hydrogens is 352 g/mol. The van der Waals surface area contributed by atoms with Gasteiger partial charge in [0.05, 0.1) is 6.04 Å². The summed E-state index contributed by atoms with van der Waals surface area (Å²) in [4.78, 5) is 14.6. The van der Waals surface area contributed by atoms with Crippen LogP contribution >= 0.6 is 0 Å². The Morgan fingerprint density at radius 1 is 1.00 bits per heavy atom. The fourth-order valence-corrected chi connectivity index (χ4v) is 3.35. The van der Waals surface area contributed by atoms with Crippen LogP contribution in [0, 0.1) is 0 Å². The topological polar surface area (TPSA) is 50.8 Å². The van der Waals surface area contributed by atoms with Crippen molar-refractivity contribution in [3.05, 3.63) is 71.8 Å². The molecule has 0 aliphatic carbocycles. The van der Waals surface area contributed by atoms with Gasteiger partial charge in [-0.15, -0.1) is 0 Å². The molecule has 3 aromatic rings. The Balaban J connectivity index is 1.34. The summed E-state index contributed by atoms with van der Waals surface area (Å²) in [6.07, 6.45) is 0. The summed E-state index contributed by atoms with van der Waals surface area (Å²) in [6, 6.07) is 20.2. The highest BCUT2D eigenvalue weighted by Crippen LogP contribution is 2.32. The predicted octanol–water partition coefficient (Wildman–Crippen LogP) is 3.71. The Kier molecular flexibility index (Phi) is 5.17. The fourth-order valence-electron chi connectivity index (χ4n) is 3.35. The molecule has 0 bridgehead atoms. The normalized spacial score (nSPS) is 13.7. The van der Waals surface area contributed by atoms with E-state index in [1.165, 1.54) is 16.3 Å². The lowest BCUT2D eigenvalue weighted by Crippen LogP contribution is -2.42. The Morgan fingerprint density at radius 3 is 2.61 bits per heavy atom. The van der Waals surface area contributed by atoms with Crippen LogP contribution in [0.4, 0.5) is 0 Å². The smallest absolute Gasteiger partial charge is 0.237 e. The second-order valence-electron chi connectivity index (χ2n) is 7.18. The molecule has 4 rings (SSSR count). The van der Waals surface area contributed by atoms with Gasteiger partial charge in [0.25, 0.3) is 0 Å². The molecule has 1 amide bonds. The summed E-state index contributed by atoms with van der Waals surface area (Å²) in [6.45, 7) is 3.35. The Hall–Kier alpha value is -3.05. The highest BCUT2D eigenvalue weighted by Gasteiger charge is 2.19. The van der Waals surface area contributed by atoms with Crippen LogP contribution in [0.3, 0.4) is 0 Å². The van der Waals surface area contributed by atoms with Crippen molar-refractivity contribution in [3.8, 4) is 11.5 Å². The minimum absolute atomic E-state index is 0.000885. The molecule has 0 saturated carbocycles. The summed E-state index contributed by atoms with van der Waals surface area (Å²) >= 11 is 0. The first-order valence-corrected chi connectivity index (χ1v) is 9.44. The first-order valence-electron chi connectivity index (χ1n) is 9.44. The molecule has 1 N–H and O–H groups in total. The number of nitrogens with one attached hydrogen (secondary N) is 1. The molecule has 0 radical (unpaired) electrons. The molecule has 0 unspecified atom stereocenters. The largest absolute Gasteiger partial charge is 0.454 e. The van der Waals surface area contributed by atoms with Gasteiger partial charge >= 0.3 is 0 Å². The molecule has 0 fully saturated rings. The molecule has 1 aliphatic heterocycles. The third kappa shape index (κ3) is 3.94. The maximum atomic E-state index is 12.6. The van der Waals surface area contributed by atoms with Gasteiger partial charge in [0.1, 0.15) is 0 Å². The van der Waals surface area contributed by atoms with E-state index in [0.717, 1.165) is 17.1 Å². The highest BCUT2D eigenvalue weighted by molar-refractivity contribution is 5.83. The minimum Gasteiger partial charge on any atom is -0.454 e. The zero-order valence-electron chi connectivity index (χ0n) is 16.1. The van der Waals surface area contributed by atoms with Gasteiger partial charge in [-0.2, -0.15) is 0 Å². The van der Waals surface area contributed by atoms with E-state index in [-0.39, 0.29) is 18.7 Å². The van der Waals surface area contributed by atoms with E-state index >= 15 is 0 Å². The van der Waals surface area contributed by atoms with Crippen LogP contribution in [-0.2, 0) is 17.9 Å². The predicted molar refractivity (Wildman–Crippen MR) is 109 cm³/mol. The number of ether oxygens (including phenoxy) is 2. The number of carbonyl (C=O) groups excluding carboxylic acids is 1. The molecule has 1 heterocycles. The maximum Gasteiger partial charge on any atom is 0.237 e. The average Bonchev–Trinajstić information content (AvgIpc) is 3.19. The van der Waals surface area contributed by atoms with Gasteiger partial charge in [0, 0.05) is 13.1 Å². The van der Waals surface area contributed by atoms with Gasteiger partial charge in [0.2, 0.25) is 12.7 Å². The number of nitrogens with zero attached hydrogens (tertiary/aromatic N) is 1. The molecule has 5 nitrogen and oxygen atoms in total. The summed E-state index contributed by atoms with van der Waals surface area (Å²) in [5, 5.41) is 5.45. The van der Waals surface area contributed by atoms with Gasteiger partial charge in [-0.25, -0.2) is 0 Å². The number of amides is 1. The Morgan fingerprint density at radius 2 is 1.75 bits per heavy atom. The minimum atomic E-state index is -0.236. The number of benzene rings is 3. The maximum absolute atomic E-state index is 12.6. The lowest BCUT2D eigenvalue weighted by Gasteiger charge is -2.24. The van der Waals surface area contributed by atoms with E-state index in [2.05, 4.69) is 40.5 Å². The van der Waals surface area contributed by atoms with E-state index in [1.54, 1.807) is 0 Å². The van der Waals surface area contributed by atoms with Crippen LogP contribution in [0.5, 0.6) is 11.5 Å². The molecule has 1 aliphatic rings. The van der Waals surface area contributed by atoms with Crippen LogP contribution in [0.15, 0.2) is 60.7 Å². The van der Waals surface area contributed by atoms with Crippen LogP contribution < -0.4 is 14.8 Å². The first kappa shape index (κ1) is 18.3. The zero-order chi connectivity index (χ0) is 19.5. The first-order chi connectivity index (χ1) is 13.6. The summed E-state index contributed by atoms with van der Waals surface area (Å²) in [5.74, 6) is 1.48. The quantitative estimate of drug-likeness (QED) is 0.713. The lowest BCUT2D eigenvalue weighted by atomic mass is 10.1. The molecule has 0 spiro atoms. The van der Waals surface area contributed by atoms with E-state index in [0.29, 0.717) is 13.1 Å². The van der Waals surface area contributed by atoms with Gasteiger partial charge in [0.15, 0.2) is 11.5 Å². The van der Waals surface area contributed by atoms with Crippen molar-refractivity contribution in [2.24, 2.45) is 0 Å². The average molecular weight is 376 g/mol. The molecule has 144 valence electrons. The Bertz CT molecular complexity index is 1000. The SMILES string of the molecule is C[C@@H](C(=O)NCc1ccc2c(c1)OCO2)N(C)Cc1ccc2ccccc2c1. The third-order valence-corrected chi connectivity index (χ3v) is 5.19. The number of hydrogen-bond donors (Lipinski definition) is 1. The fraction of sp³-hybridized carbons (Fsp3) is 0.261. The number of hydrogen-bond acceptors (Lipinski definition) is 4. The van der Waals surface area contributed by atoms with Gasteiger partial charge in [-0.3, -0.25) is 9.69 Å². The standard InChI is InChI=1S/C23H24N2O3/c1-16(23(26)24-13-17-8-10-21-22(12-17)28-15-27-21)25(2)14-18-7-9-19-5-3-4-6-20(19)11-18/h3-12,16H,13-15H2,1-2H3,(H,24,26)/t16-/m0/s1. The second kappa shape index (κ2) is 7.90. The second-order valence-corrected chi connectivity index (χ2v) is 7.18. The number of likely N-dealkylation sites (N-methyl/N-ethyl adjacent to an activating group) is 1. The lowest BCUT2D eigenvalue weighted by molar-refractivity contribution is -0.125. The van der Waals surface area contributed by atoms with Crippen molar-refractivity contribution in [2.45, 2.75) is 26.1 Å². The van der Waals surface area contributed by atoms with Crippen LogP contribution in [0.2, 0.25) is 0 Å². The summed E-state index contributed by atoms with van der Waals surface area (Å²) < 4.78 is 10.7. The summed E-state index contributed by atoms with van der Waals surface area (Å²) in [5.41, 5.74) is 2.18. The number of rotatable bonds is 6. The van der Waals surface area contributed by atoms with E-state index in [1.807, 2.05) is 44.3 Å². The molecule has 28 heavy (non-hydrogen) atoms. The van der Waals surface area contributed by atoms with Crippen molar-refractivity contribution in [3.63, 3.8) is 0 Å². The van der Waals surface area contributed by atoms with E-state index < -0.39 is 0 Å². The van der Waals surface area contributed by atoms with Crippen molar-refractivity contribution >= 4 is 16.7 Å². The van der Waals surface area contributed by atoms with Crippen molar-refractivity contribution in [1.29, 1.82) is 0 Å². The summed E-state index contributed by atoms with van der Waals surface area (Å²) in [7, 11) is 1.97. The van der Waals surface area contributed by atoms with Crippen molar-refractivity contribution in [1.82, 2.24) is 10.2 Å². The monoisotopic (exact) mass is 376 g/mol. The molecule has 0 aromatic heterocycles. The molecular formula is C23H24N2O3. The molecule has 0 saturated heterocycles. The third-order valence-electron chi connectivity index (χ3n) is 5.19. The van der Waals surface area contributed by atoms with Crippen LogP contribution in [-0.4, -0.2) is 30.7 Å². The molecule has 1 atom stereocenters. The van der Waals surface area contributed by atoms with E-state index in [9.17, 15) is 4.79 Å². The highest BCUT2D eigenvalue weighted by atomic mass is 16.7. The van der Waals surface area contributed by atoms with Crippen molar-refractivity contribution < 1.29 is 14.3 Å². The van der Waals surface area contributed by atoms with Gasteiger partial charge in [-0.1, -0.05) is 42.5 Å². The number of carbonyl (C=O) groups is 1. The van der Waals surface area contributed by atoms with Gasteiger partial charge in [-0.05, 0) is 54.1 Å². The molecule has 5 heteroatoms. The van der Waals surface area contributed by atoms with Crippen LogP contribution in [0.25, 0.3) is 10.8 Å². The van der Waals surface area contributed by atoms with Crippen LogP contribution in [0.1, 0.15) is 18.1 Å². The molecule has 3 aromatic carbocycles. The zero-order valence-corrected chi connectivity index (χ0v) is 16.1.